The minimum Gasteiger partial charge on any atom is -0.481 e. The van der Waals surface area contributed by atoms with Crippen LogP contribution in [0.2, 0.25) is 0 Å². The molecule has 1 aliphatic heterocycles. The predicted molar refractivity (Wildman–Crippen MR) is 73.2 cm³/mol. The number of rotatable bonds is 5. The average Bonchev–Trinajstić information content (AvgIpc) is 2.44. The molecule has 3 N–H and O–H groups in total. The second-order valence-electron chi connectivity index (χ2n) is 5.20. The monoisotopic (exact) mass is 285 g/mol. The van der Waals surface area contributed by atoms with Gasteiger partial charge in [0.25, 0.3) is 0 Å². The third kappa shape index (κ3) is 5.07. The molecule has 0 bridgehead atoms. The maximum Gasteiger partial charge on any atom is 0.315 e. The molecule has 2 unspecified atom stereocenters. The van der Waals surface area contributed by atoms with Gasteiger partial charge in [-0.1, -0.05) is 6.92 Å². The Bertz CT molecular complexity index is 367. The predicted octanol–water partition coefficient (Wildman–Crippen LogP) is 0.407. The third-order valence-electron chi connectivity index (χ3n) is 3.38. The summed E-state index contributed by atoms with van der Waals surface area (Å²) in [5.74, 6) is -1.72. The van der Waals surface area contributed by atoms with E-state index in [1.807, 2.05) is 0 Å². The van der Waals surface area contributed by atoms with E-state index in [0.29, 0.717) is 0 Å². The number of hydrogen-bond acceptors (Lipinski definition) is 3. The number of amides is 3. The molecular formula is C13H23N3O4. The third-order valence-corrected chi connectivity index (χ3v) is 3.38. The molecule has 0 aromatic rings. The maximum atomic E-state index is 12.1. The van der Waals surface area contributed by atoms with Crippen LogP contribution in [0.15, 0.2) is 0 Å². The highest BCUT2D eigenvalue weighted by atomic mass is 16.4. The van der Waals surface area contributed by atoms with Crippen LogP contribution in [0.25, 0.3) is 0 Å². The first-order valence-corrected chi connectivity index (χ1v) is 6.97. The Kier molecular flexibility index (Phi) is 6.27. The summed E-state index contributed by atoms with van der Waals surface area (Å²) < 4.78 is 0. The zero-order chi connectivity index (χ0) is 15.1. The fourth-order valence-electron chi connectivity index (χ4n) is 2.03. The molecular weight excluding hydrogens is 262 g/mol. The summed E-state index contributed by atoms with van der Waals surface area (Å²) in [7, 11) is 0. The lowest BCUT2D eigenvalue weighted by atomic mass is 10.1. The van der Waals surface area contributed by atoms with Crippen molar-refractivity contribution in [1.82, 2.24) is 15.5 Å². The molecule has 0 aromatic carbocycles. The van der Waals surface area contributed by atoms with Crippen LogP contribution >= 0.6 is 0 Å². The lowest BCUT2D eigenvalue weighted by Crippen LogP contribution is -2.51. The van der Waals surface area contributed by atoms with E-state index in [9.17, 15) is 14.4 Å². The number of hydrogen-bond donors (Lipinski definition) is 3. The van der Waals surface area contributed by atoms with E-state index in [4.69, 9.17) is 5.11 Å². The van der Waals surface area contributed by atoms with Gasteiger partial charge < -0.3 is 20.6 Å². The number of nitrogens with one attached hydrogen (secondary N) is 2. The Morgan fingerprint density at radius 1 is 1.15 bits per heavy atom. The van der Waals surface area contributed by atoms with Gasteiger partial charge in [0, 0.05) is 19.6 Å². The quantitative estimate of drug-likeness (QED) is 0.681. The Hall–Kier alpha value is -1.79. The molecule has 3 amide bonds. The number of likely N-dealkylation sites (tertiary alicyclic amines) is 1. The largest absolute Gasteiger partial charge is 0.481 e. The fraction of sp³-hybridized carbons (Fsp3) is 0.769. The summed E-state index contributed by atoms with van der Waals surface area (Å²) in [4.78, 5) is 36.0. The Morgan fingerprint density at radius 2 is 1.75 bits per heavy atom. The van der Waals surface area contributed by atoms with Crippen LogP contribution < -0.4 is 10.6 Å². The molecule has 1 rings (SSSR count). The standard InChI is InChI=1S/C13H23N3O4/c1-9(12(18)19)8-14-13(20)15-10(2)11(17)16-6-4-3-5-7-16/h9-10H,3-8H2,1-2H3,(H,18,19)(H2,14,15,20). The molecule has 1 fully saturated rings. The molecule has 114 valence electrons. The van der Waals surface area contributed by atoms with Gasteiger partial charge in [-0.15, -0.1) is 0 Å². The van der Waals surface area contributed by atoms with Crippen molar-refractivity contribution in [2.45, 2.75) is 39.2 Å². The van der Waals surface area contributed by atoms with Crippen LogP contribution in [0.3, 0.4) is 0 Å². The van der Waals surface area contributed by atoms with Crippen molar-refractivity contribution < 1.29 is 19.5 Å². The van der Waals surface area contributed by atoms with Crippen LogP contribution in [0, 0.1) is 5.92 Å². The van der Waals surface area contributed by atoms with Crippen LogP contribution in [0.5, 0.6) is 0 Å². The van der Waals surface area contributed by atoms with E-state index in [1.165, 1.54) is 6.92 Å². The molecule has 20 heavy (non-hydrogen) atoms. The molecule has 0 spiro atoms. The van der Waals surface area contributed by atoms with Crippen LogP contribution in [0.4, 0.5) is 4.79 Å². The summed E-state index contributed by atoms with van der Waals surface area (Å²) in [6.07, 6.45) is 3.14. The molecule has 0 aliphatic carbocycles. The molecule has 0 aromatic heterocycles. The second-order valence-corrected chi connectivity index (χ2v) is 5.20. The Labute approximate surface area is 118 Å². The average molecular weight is 285 g/mol. The van der Waals surface area contributed by atoms with Crippen molar-refractivity contribution in [3.05, 3.63) is 0 Å². The lowest BCUT2D eigenvalue weighted by molar-refractivity contribution is -0.141. The van der Waals surface area contributed by atoms with Gasteiger partial charge in [-0.25, -0.2) is 4.79 Å². The number of urea groups is 1. The molecule has 1 saturated heterocycles. The Balaban J connectivity index is 2.33. The van der Waals surface area contributed by atoms with Gasteiger partial charge in [-0.05, 0) is 26.2 Å². The molecule has 0 saturated carbocycles. The highest BCUT2D eigenvalue weighted by Crippen LogP contribution is 2.09. The zero-order valence-corrected chi connectivity index (χ0v) is 12.0. The van der Waals surface area contributed by atoms with Crippen molar-refractivity contribution in [2.24, 2.45) is 5.92 Å². The van der Waals surface area contributed by atoms with Gasteiger partial charge in [0.05, 0.1) is 5.92 Å². The maximum absolute atomic E-state index is 12.1. The Morgan fingerprint density at radius 3 is 2.30 bits per heavy atom. The molecule has 7 nitrogen and oxygen atoms in total. The first-order chi connectivity index (χ1) is 9.41. The highest BCUT2D eigenvalue weighted by Gasteiger charge is 2.23. The summed E-state index contributed by atoms with van der Waals surface area (Å²) in [5, 5.41) is 13.7. The number of carboxylic acid groups (broad SMARTS) is 1. The number of carbonyl (C=O) groups excluding carboxylic acids is 2. The number of aliphatic carboxylic acids is 1. The van der Waals surface area contributed by atoms with Crippen molar-refractivity contribution in [2.75, 3.05) is 19.6 Å². The summed E-state index contributed by atoms with van der Waals surface area (Å²) in [6.45, 7) is 4.65. The van der Waals surface area contributed by atoms with Gasteiger partial charge in [0.15, 0.2) is 0 Å². The van der Waals surface area contributed by atoms with E-state index in [0.717, 1.165) is 32.4 Å². The van der Waals surface area contributed by atoms with E-state index >= 15 is 0 Å². The van der Waals surface area contributed by atoms with Crippen molar-refractivity contribution >= 4 is 17.9 Å². The topological polar surface area (TPSA) is 98.7 Å². The van der Waals surface area contributed by atoms with Crippen molar-refractivity contribution in [1.29, 1.82) is 0 Å². The molecule has 1 heterocycles. The minimum atomic E-state index is -0.970. The molecule has 1 aliphatic rings. The first-order valence-electron chi connectivity index (χ1n) is 6.97. The van der Waals surface area contributed by atoms with Gasteiger partial charge in [-0.3, -0.25) is 9.59 Å². The van der Waals surface area contributed by atoms with E-state index in [2.05, 4.69) is 10.6 Å². The van der Waals surface area contributed by atoms with Gasteiger partial charge in [0.2, 0.25) is 5.91 Å². The zero-order valence-electron chi connectivity index (χ0n) is 12.0. The number of carbonyl (C=O) groups is 3. The van der Waals surface area contributed by atoms with Crippen LogP contribution in [-0.2, 0) is 9.59 Å². The summed E-state index contributed by atoms with van der Waals surface area (Å²) in [6, 6.07) is -1.12. The summed E-state index contributed by atoms with van der Waals surface area (Å²) >= 11 is 0. The van der Waals surface area contributed by atoms with Crippen molar-refractivity contribution in [3.8, 4) is 0 Å². The van der Waals surface area contributed by atoms with E-state index in [1.54, 1.807) is 11.8 Å². The van der Waals surface area contributed by atoms with Crippen molar-refractivity contribution in [3.63, 3.8) is 0 Å². The van der Waals surface area contributed by atoms with E-state index in [-0.39, 0.29) is 12.5 Å². The molecule has 2 atom stereocenters. The summed E-state index contributed by atoms with van der Waals surface area (Å²) in [5.41, 5.74) is 0. The lowest BCUT2D eigenvalue weighted by Gasteiger charge is -2.29. The fourth-order valence-corrected chi connectivity index (χ4v) is 2.03. The molecule has 7 heteroatoms. The van der Waals surface area contributed by atoms with Crippen LogP contribution in [-0.4, -0.2) is 53.6 Å². The second kappa shape index (κ2) is 7.72. The minimum absolute atomic E-state index is 0.0335. The molecule has 0 radical (unpaired) electrons. The number of piperidine rings is 1. The van der Waals surface area contributed by atoms with Crippen LogP contribution in [0.1, 0.15) is 33.1 Å². The SMILES string of the molecule is CC(CNC(=O)NC(C)C(=O)N1CCCCC1)C(=O)O. The van der Waals surface area contributed by atoms with Gasteiger partial charge >= 0.3 is 12.0 Å². The normalized spacial score (nSPS) is 18.0. The number of carboxylic acids is 1. The van der Waals surface area contributed by atoms with Gasteiger partial charge in [0.1, 0.15) is 6.04 Å². The van der Waals surface area contributed by atoms with E-state index < -0.39 is 24.0 Å². The highest BCUT2D eigenvalue weighted by molar-refractivity contribution is 5.86. The van der Waals surface area contributed by atoms with Gasteiger partial charge in [-0.2, -0.15) is 0 Å². The first kappa shape index (κ1) is 16.3. The smallest absolute Gasteiger partial charge is 0.315 e. The number of nitrogens with zero attached hydrogens (tertiary/aromatic N) is 1.